The zero-order valence-electron chi connectivity index (χ0n) is 20.8. The summed E-state index contributed by atoms with van der Waals surface area (Å²) in [5.74, 6) is -1.72. The van der Waals surface area contributed by atoms with Gasteiger partial charge in [0.2, 0.25) is 0 Å². The third-order valence-corrected chi connectivity index (χ3v) is 10.6. The summed E-state index contributed by atoms with van der Waals surface area (Å²) < 4.78 is 71.8. The second kappa shape index (κ2) is 10.4. The van der Waals surface area contributed by atoms with Gasteiger partial charge in [0.25, 0.3) is 26.0 Å². The summed E-state index contributed by atoms with van der Waals surface area (Å²) in [6.07, 6.45) is 0. The van der Waals surface area contributed by atoms with Gasteiger partial charge in [-0.3, -0.25) is 4.79 Å². The number of carbonyl (C=O) groups is 1. The Morgan fingerprint density at radius 3 is 1.95 bits per heavy atom. The lowest BCUT2D eigenvalue weighted by Gasteiger charge is -2.25. The number of anilines is 2. The van der Waals surface area contributed by atoms with Crippen LogP contribution in [-0.2, 0) is 27.1 Å². The predicted molar refractivity (Wildman–Crippen MR) is 152 cm³/mol. The average molecular weight is 598 g/mol. The lowest BCUT2D eigenvalue weighted by molar-refractivity contribution is 0.101. The lowest BCUT2D eigenvalue weighted by atomic mass is 10.2. The van der Waals surface area contributed by atoms with Gasteiger partial charge in [-0.05, 0) is 66.7 Å². The molecule has 12 heteroatoms. The Bertz CT molecular complexity index is 1890. The average Bonchev–Trinajstić information content (AvgIpc) is 3.26. The number of hydrogen-bond donors (Lipinski definition) is 1. The van der Waals surface area contributed by atoms with Crippen LogP contribution in [-0.4, -0.2) is 27.3 Å². The molecule has 0 saturated carbocycles. The van der Waals surface area contributed by atoms with Gasteiger partial charge in [0.05, 0.1) is 9.79 Å². The number of rotatable bonds is 7. The van der Waals surface area contributed by atoms with Gasteiger partial charge in [0.1, 0.15) is 17.2 Å². The zero-order valence-corrected chi connectivity index (χ0v) is 23.2. The fourth-order valence-corrected chi connectivity index (χ4v) is 8.14. The minimum atomic E-state index is -4.83. The molecule has 0 radical (unpaired) electrons. The van der Waals surface area contributed by atoms with E-state index in [-0.39, 0.29) is 24.9 Å². The lowest BCUT2D eigenvalue weighted by Crippen LogP contribution is -2.37. The number of benzene rings is 4. The molecule has 1 amide bonds. The van der Waals surface area contributed by atoms with Gasteiger partial charge >= 0.3 is 0 Å². The molecule has 0 spiro atoms. The van der Waals surface area contributed by atoms with Crippen LogP contribution >= 0.6 is 11.6 Å². The molecule has 5 rings (SSSR count). The Morgan fingerprint density at radius 2 is 1.38 bits per heavy atom. The van der Waals surface area contributed by atoms with E-state index < -0.39 is 37.5 Å². The quantitative estimate of drug-likeness (QED) is 0.255. The molecule has 1 aromatic heterocycles. The normalized spacial score (nSPS) is 11.9. The van der Waals surface area contributed by atoms with E-state index in [0.29, 0.717) is 10.4 Å². The summed E-state index contributed by atoms with van der Waals surface area (Å²) in [7, 11) is -7.98. The zero-order chi connectivity index (χ0) is 28.7. The molecule has 0 aliphatic heterocycles. The van der Waals surface area contributed by atoms with E-state index in [4.69, 9.17) is 11.6 Å². The molecule has 0 aliphatic rings. The molecule has 4 aromatic carbocycles. The molecule has 0 atom stereocenters. The van der Waals surface area contributed by atoms with Gasteiger partial charge in [-0.2, -0.15) is 3.71 Å². The Labute approximate surface area is 235 Å². The van der Waals surface area contributed by atoms with Gasteiger partial charge in [0, 0.05) is 28.7 Å². The Hall–Kier alpha value is -4.19. The number of sulfonamides is 2. The van der Waals surface area contributed by atoms with Gasteiger partial charge < -0.3 is 9.88 Å². The molecule has 0 unspecified atom stereocenters. The number of nitrogens with one attached hydrogen (secondary N) is 1. The van der Waals surface area contributed by atoms with Crippen LogP contribution in [0.2, 0.25) is 5.02 Å². The van der Waals surface area contributed by atoms with Gasteiger partial charge in [-0.1, -0.05) is 48.0 Å². The fourth-order valence-electron chi connectivity index (χ4n) is 4.23. The van der Waals surface area contributed by atoms with Gasteiger partial charge in [0.15, 0.2) is 0 Å². The van der Waals surface area contributed by atoms with E-state index in [1.165, 1.54) is 54.6 Å². The van der Waals surface area contributed by atoms with Crippen molar-refractivity contribution in [2.45, 2.75) is 9.79 Å². The van der Waals surface area contributed by atoms with Crippen LogP contribution in [0, 0.1) is 5.82 Å². The van der Waals surface area contributed by atoms with Crippen LogP contribution in [0.15, 0.2) is 113 Å². The summed E-state index contributed by atoms with van der Waals surface area (Å²) in [4.78, 5) is 12.5. The van der Waals surface area contributed by atoms with Crippen molar-refractivity contribution in [1.82, 2.24) is 4.57 Å². The molecular formula is C28H21ClFN3O5S2. The molecule has 5 aromatic rings. The van der Waals surface area contributed by atoms with Crippen LogP contribution in [0.4, 0.5) is 15.8 Å². The van der Waals surface area contributed by atoms with E-state index >= 15 is 4.39 Å². The number of hydrogen-bond acceptors (Lipinski definition) is 5. The van der Waals surface area contributed by atoms with E-state index in [0.717, 1.165) is 17.6 Å². The SMILES string of the molecule is Cn1c(C(=O)Nc2ccc(F)c(N(S(=O)(=O)c3ccccc3)S(=O)(=O)c3ccccc3)c2)cc2cc(Cl)ccc21. The summed E-state index contributed by atoms with van der Waals surface area (Å²) in [5, 5.41) is 3.81. The minimum absolute atomic E-state index is 0.0267. The summed E-state index contributed by atoms with van der Waals surface area (Å²) >= 11 is 6.07. The van der Waals surface area contributed by atoms with Crippen molar-refractivity contribution in [2.24, 2.45) is 7.05 Å². The Balaban J connectivity index is 1.61. The predicted octanol–water partition coefficient (Wildman–Crippen LogP) is 5.81. The third kappa shape index (κ3) is 4.94. The number of amides is 1. The van der Waals surface area contributed by atoms with Crippen LogP contribution < -0.4 is 9.03 Å². The fraction of sp³-hybridized carbons (Fsp3) is 0.0357. The first kappa shape index (κ1) is 27.4. The largest absolute Gasteiger partial charge is 0.340 e. The van der Waals surface area contributed by atoms with Crippen LogP contribution in [0.3, 0.4) is 0 Å². The molecule has 1 N–H and O–H groups in total. The first-order valence-corrected chi connectivity index (χ1v) is 15.0. The molecule has 8 nitrogen and oxygen atoms in total. The summed E-state index contributed by atoms with van der Waals surface area (Å²) in [6.45, 7) is 0. The highest BCUT2D eigenvalue weighted by atomic mass is 35.5. The monoisotopic (exact) mass is 597 g/mol. The second-order valence-corrected chi connectivity index (χ2v) is 13.0. The summed E-state index contributed by atoms with van der Waals surface area (Å²) in [5.41, 5.74) is 0.174. The molecular weight excluding hydrogens is 577 g/mol. The molecule has 0 saturated heterocycles. The van der Waals surface area contributed by atoms with Crippen molar-refractivity contribution in [3.63, 3.8) is 0 Å². The second-order valence-electron chi connectivity index (χ2n) is 8.75. The maximum Gasteiger partial charge on any atom is 0.277 e. The molecule has 40 heavy (non-hydrogen) atoms. The maximum absolute atomic E-state index is 15.3. The van der Waals surface area contributed by atoms with E-state index in [2.05, 4.69) is 5.32 Å². The van der Waals surface area contributed by atoms with Crippen LogP contribution in [0.5, 0.6) is 0 Å². The number of nitrogens with zero attached hydrogens (tertiary/aromatic N) is 2. The maximum atomic E-state index is 15.3. The smallest absolute Gasteiger partial charge is 0.277 e. The first-order chi connectivity index (χ1) is 19.0. The van der Waals surface area contributed by atoms with Crippen LogP contribution in [0.25, 0.3) is 10.9 Å². The van der Waals surface area contributed by atoms with E-state index in [1.807, 2.05) is 0 Å². The van der Waals surface area contributed by atoms with E-state index in [1.54, 1.807) is 48.0 Å². The van der Waals surface area contributed by atoms with E-state index in [9.17, 15) is 21.6 Å². The number of fused-ring (bicyclic) bond motifs is 1. The number of aromatic nitrogens is 1. The van der Waals surface area contributed by atoms with Gasteiger partial charge in [-0.25, -0.2) is 21.2 Å². The highest BCUT2D eigenvalue weighted by molar-refractivity contribution is 8.10. The summed E-state index contributed by atoms with van der Waals surface area (Å²) in [6, 6.07) is 23.5. The topological polar surface area (TPSA) is 106 Å². The van der Waals surface area contributed by atoms with Crippen molar-refractivity contribution in [2.75, 3.05) is 9.03 Å². The molecule has 0 bridgehead atoms. The third-order valence-electron chi connectivity index (χ3n) is 6.16. The van der Waals surface area contributed by atoms with Crippen LogP contribution in [0.1, 0.15) is 10.5 Å². The minimum Gasteiger partial charge on any atom is -0.340 e. The van der Waals surface area contributed by atoms with Crippen molar-refractivity contribution in [1.29, 1.82) is 0 Å². The molecule has 1 heterocycles. The van der Waals surface area contributed by atoms with Crippen molar-refractivity contribution in [3.05, 3.63) is 120 Å². The molecule has 204 valence electrons. The number of halogens is 2. The molecule has 0 aliphatic carbocycles. The standard InChI is InChI=1S/C28H21ClFN3O5S2/c1-32-25-15-12-20(29)16-19(25)17-27(32)28(34)31-21-13-14-24(30)26(18-21)33(39(35,36)22-8-4-2-5-9-22)40(37,38)23-10-6-3-7-11-23/h2-18H,1H3,(H,31,34). The number of carbonyl (C=O) groups excluding carboxylic acids is 1. The highest BCUT2D eigenvalue weighted by Crippen LogP contribution is 2.34. The molecule has 0 fully saturated rings. The Morgan fingerprint density at radius 1 is 0.800 bits per heavy atom. The van der Waals surface area contributed by atoms with Crippen molar-refractivity contribution >= 4 is 59.8 Å². The van der Waals surface area contributed by atoms with Gasteiger partial charge in [-0.15, -0.1) is 0 Å². The van der Waals surface area contributed by atoms with Crippen molar-refractivity contribution < 1.29 is 26.0 Å². The van der Waals surface area contributed by atoms with Crippen molar-refractivity contribution in [3.8, 4) is 0 Å². The highest BCUT2D eigenvalue weighted by Gasteiger charge is 2.38. The number of aryl methyl sites for hydroxylation is 1. The first-order valence-electron chi connectivity index (χ1n) is 11.8. The Kier molecular flexibility index (Phi) is 7.13.